The van der Waals surface area contributed by atoms with Crippen molar-refractivity contribution in [3.05, 3.63) is 17.3 Å². The van der Waals surface area contributed by atoms with E-state index in [-0.39, 0.29) is 15.8 Å². The number of aromatic nitrogens is 1. The number of aliphatic hydroxyl groups excluding tert-OH is 1. The van der Waals surface area contributed by atoms with E-state index in [1.54, 1.807) is 6.92 Å². The zero-order valence-electron chi connectivity index (χ0n) is 12.1. The van der Waals surface area contributed by atoms with Gasteiger partial charge in [0, 0.05) is 25.8 Å². The highest BCUT2D eigenvalue weighted by Gasteiger charge is 2.34. The average Bonchev–Trinajstić information content (AvgIpc) is 2.91. The van der Waals surface area contributed by atoms with Gasteiger partial charge in [-0.3, -0.25) is 0 Å². The van der Waals surface area contributed by atoms with Gasteiger partial charge in [-0.25, -0.2) is 13.4 Å². The standard InChI is InChI=1S/C13H20ClN3O3S/c1-3-15-13-12(14)6-11(7-16-13)21(19,20)17-5-4-10(8-17)9(2)18/h6-7,9-10,18H,3-5,8H2,1-2H3,(H,15,16). The Kier molecular flexibility index (Phi) is 5.08. The fourth-order valence-corrected chi connectivity index (χ4v) is 4.16. The number of nitrogens with one attached hydrogen (secondary N) is 1. The molecule has 1 aromatic heterocycles. The van der Waals surface area contributed by atoms with Crippen molar-refractivity contribution < 1.29 is 13.5 Å². The Morgan fingerprint density at radius 2 is 2.33 bits per heavy atom. The zero-order chi connectivity index (χ0) is 15.6. The molecule has 0 aliphatic carbocycles. The third-order valence-corrected chi connectivity index (χ3v) is 5.79. The number of hydrogen-bond donors (Lipinski definition) is 2. The Morgan fingerprint density at radius 1 is 1.62 bits per heavy atom. The Balaban J connectivity index is 2.22. The van der Waals surface area contributed by atoms with Crippen LogP contribution in [0.15, 0.2) is 17.2 Å². The molecule has 1 aliphatic heterocycles. The Bertz CT molecular complexity index is 607. The highest BCUT2D eigenvalue weighted by Crippen LogP contribution is 2.28. The molecule has 2 unspecified atom stereocenters. The summed E-state index contributed by atoms with van der Waals surface area (Å²) in [7, 11) is -3.61. The van der Waals surface area contributed by atoms with Crippen LogP contribution < -0.4 is 5.32 Å². The van der Waals surface area contributed by atoms with Gasteiger partial charge < -0.3 is 10.4 Å². The monoisotopic (exact) mass is 333 g/mol. The van der Waals surface area contributed by atoms with E-state index >= 15 is 0 Å². The lowest BCUT2D eigenvalue weighted by Gasteiger charge is -2.18. The number of aliphatic hydroxyl groups is 1. The molecule has 1 fully saturated rings. The topological polar surface area (TPSA) is 82.5 Å². The average molecular weight is 334 g/mol. The quantitative estimate of drug-likeness (QED) is 0.854. The first kappa shape index (κ1) is 16.5. The number of anilines is 1. The molecule has 0 bridgehead atoms. The van der Waals surface area contributed by atoms with E-state index in [1.165, 1.54) is 16.6 Å². The molecular formula is C13H20ClN3O3S. The third kappa shape index (κ3) is 3.48. The van der Waals surface area contributed by atoms with Crippen LogP contribution >= 0.6 is 11.6 Å². The number of rotatable bonds is 5. The van der Waals surface area contributed by atoms with Crippen LogP contribution in [0.25, 0.3) is 0 Å². The predicted octanol–water partition coefficient (Wildman–Crippen LogP) is 1.56. The molecule has 118 valence electrons. The second-order valence-electron chi connectivity index (χ2n) is 5.18. The van der Waals surface area contributed by atoms with Crippen LogP contribution in [0.4, 0.5) is 5.82 Å². The van der Waals surface area contributed by atoms with Crippen LogP contribution in [-0.4, -0.2) is 48.6 Å². The van der Waals surface area contributed by atoms with Crippen molar-refractivity contribution in [2.24, 2.45) is 5.92 Å². The first-order valence-corrected chi connectivity index (χ1v) is 8.75. The highest BCUT2D eigenvalue weighted by atomic mass is 35.5. The maximum Gasteiger partial charge on any atom is 0.244 e. The smallest absolute Gasteiger partial charge is 0.244 e. The molecule has 0 aromatic carbocycles. The van der Waals surface area contributed by atoms with Crippen LogP contribution in [0.1, 0.15) is 20.3 Å². The second-order valence-corrected chi connectivity index (χ2v) is 7.53. The molecule has 2 heterocycles. The molecule has 6 nitrogen and oxygen atoms in total. The zero-order valence-corrected chi connectivity index (χ0v) is 13.7. The Morgan fingerprint density at radius 3 is 2.86 bits per heavy atom. The van der Waals surface area contributed by atoms with Crippen molar-refractivity contribution in [2.45, 2.75) is 31.3 Å². The van der Waals surface area contributed by atoms with Gasteiger partial charge in [-0.1, -0.05) is 11.6 Å². The van der Waals surface area contributed by atoms with E-state index < -0.39 is 16.1 Å². The minimum Gasteiger partial charge on any atom is -0.393 e. The van der Waals surface area contributed by atoms with Crippen molar-refractivity contribution in [3.63, 3.8) is 0 Å². The predicted molar refractivity (Wildman–Crippen MR) is 82.0 cm³/mol. The van der Waals surface area contributed by atoms with E-state index in [4.69, 9.17) is 11.6 Å². The fraction of sp³-hybridized carbons (Fsp3) is 0.615. The van der Waals surface area contributed by atoms with E-state index in [0.717, 1.165) is 0 Å². The molecular weight excluding hydrogens is 314 g/mol. The Hall–Kier alpha value is -0.890. The van der Waals surface area contributed by atoms with Crippen LogP contribution in [0, 0.1) is 5.92 Å². The fourth-order valence-electron chi connectivity index (χ4n) is 2.37. The minimum absolute atomic E-state index is 0.0239. The molecule has 0 radical (unpaired) electrons. The van der Waals surface area contributed by atoms with Crippen molar-refractivity contribution in [1.29, 1.82) is 0 Å². The van der Waals surface area contributed by atoms with Crippen molar-refractivity contribution in [2.75, 3.05) is 25.0 Å². The van der Waals surface area contributed by atoms with E-state index in [9.17, 15) is 13.5 Å². The molecule has 8 heteroatoms. The third-order valence-electron chi connectivity index (χ3n) is 3.67. The number of hydrogen-bond acceptors (Lipinski definition) is 5. The largest absolute Gasteiger partial charge is 0.393 e. The lowest BCUT2D eigenvalue weighted by atomic mass is 10.0. The summed E-state index contributed by atoms with van der Waals surface area (Å²) < 4.78 is 26.5. The number of nitrogens with zero attached hydrogens (tertiary/aromatic N) is 2. The van der Waals surface area contributed by atoms with E-state index in [1.807, 2.05) is 6.92 Å². The summed E-state index contributed by atoms with van der Waals surface area (Å²) >= 11 is 6.05. The number of pyridine rings is 1. The second kappa shape index (κ2) is 6.48. The van der Waals surface area contributed by atoms with Crippen LogP contribution in [0.3, 0.4) is 0 Å². The summed E-state index contributed by atoms with van der Waals surface area (Å²) in [6, 6.07) is 1.41. The molecule has 0 saturated carbocycles. The maximum atomic E-state index is 12.5. The van der Waals surface area contributed by atoms with Gasteiger partial charge in [0.2, 0.25) is 10.0 Å². The first-order valence-electron chi connectivity index (χ1n) is 6.94. The number of halogens is 1. The van der Waals surface area contributed by atoms with Gasteiger partial charge in [0.25, 0.3) is 0 Å². The van der Waals surface area contributed by atoms with Gasteiger partial charge >= 0.3 is 0 Å². The van der Waals surface area contributed by atoms with Crippen LogP contribution in [-0.2, 0) is 10.0 Å². The summed E-state index contributed by atoms with van der Waals surface area (Å²) in [4.78, 5) is 4.15. The van der Waals surface area contributed by atoms with Crippen LogP contribution in [0.5, 0.6) is 0 Å². The summed E-state index contributed by atoms with van der Waals surface area (Å²) in [5.41, 5.74) is 0. The van der Waals surface area contributed by atoms with Gasteiger partial charge in [0.1, 0.15) is 10.7 Å². The van der Waals surface area contributed by atoms with Gasteiger partial charge in [0.15, 0.2) is 0 Å². The first-order chi connectivity index (χ1) is 9.86. The van der Waals surface area contributed by atoms with Crippen molar-refractivity contribution in [1.82, 2.24) is 9.29 Å². The molecule has 1 aromatic rings. The maximum absolute atomic E-state index is 12.5. The summed E-state index contributed by atoms with van der Waals surface area (Å²) in [6.45, 7) is 4.98. The molecule has 1 saturated heterocycles. The normalized spacial score (nSPS) is 21.4. The molecule has 1 aliphatic rings. The van der Waals surface area contributed by atoms with Gasteiger partial charge in [-0.15, -0.1) is 0 Å². The molecule has 2 rings (SSSR count). The van der Waals surface area contributed by atoms with Gasteiger partial charge in [-0.05, 0) is 32.3 Å². The molecule has 21 heavy (non-hydrogen) atoms. The lowest BCUT2D eigenvalue weighted by molar-refractivity contribution is 0.133. The van der Waals surface area contributed by atoms with E-state index in [2.05, 4.69) is 10.3 Å². The molecule has 2 N–H and O–H groups in total. The van der Waals surface area contributed by atoms with Gasteiger partial charge in [0.05, 0.1) is 11.1 Å². The van der Waals surface area contributed by atoms with Crippen LogP contribution in [0.2, 0.25) is 5.02 Å². The van der Waals surface area contributed by atoms with E-state index in [0.29, 0.717) is 31.9 Å². The summed E-state index contributed by atoms with van der Waals surface area (Å²) in [5, 5.41) is 12.8. The summed E-state index contributed by atoms with van der Waals surface area (Å²) in [6.07, 6.45) is 1.46. The highest BCUT2D eigenvalue weighted by molar-refractivity contribution is 7.89. The van der Waals surface area contributed by atoms with Gasteiger partial charge in [-0.2, -0.15) is 4.31 Å². The number of sulfonamides is 1. The van der Waals surface area contributed by atoms with Crippen molar-refractivity contribution in [3.8, 4) is 0 Å². The minimum atomic E-state index is -3.61. The molecule has 0 amide bonds. The van der Waals surface area contributed by atoms with Crippen molar-refractivity contribution >= 4 is 27.4 Å². The summed E-state index contributed by atoms with van der Waals surface area (Å²) in [5.74, 6) is 0.450. The lowest BCUT2D eigenvalue weighted by Crippen LogP contribution is -2.30. The Labute approximate surface area is 130 Å². The molecule has 0 spiro atoms. The SMILES string of the molecule is CCNc1ncc(S(=O)(=O)N2CCC(C(C)O)C2)cc1Cl. The molecule has 2 atom stereocenters.